The summed E-state index contributed by atoms with van der Waals surface area (Å²) in [5, 5.41) is 16.6. The number of hydrogen-bond donors (Lipinski definition) is 2. The lowest BCUT2D eigenvalue weighted by Crippen LogP contribution is -2.35. The van der Waals surface area contributed by atoms with Crippen LogP contribution in [-0.4, -0.2) is 40.2 Å². The molecule has 6 heteroatoms. The number of aliphatic hydroxyl groups excluding tert-OH is 1. The first-order chi connectivity index (χ1) is 13.2. The van der Waals surface area contributed by atoms with Crippen LogP contribution in [0.3, 0.4) is 0 Å². The fourth-order valence-electron chi connectivity index (χ4n) is 3.54. The Morgan fingerprint density at radius 2 is 1.78 bits per heavy atom. The summed E-state index contributed by atoms with van der Waals surface area (Å²) in [5.74, 6) is 0.0251. The maximum absolute atomic E-state index is 12.1. The van der Waals surface area contributed by atoms with Gasteiger partial charge in [-0.05, 0) is 28.3 Å². The first-order valence-electron chi connectivity index (χ1n) is 8.96. The molecule has 1 aliphatic carbocycles. The Labute approximate surface area is 157 Å². The highest BCUT2D eigenvalue weighted by molar-refractivity contribution is 5.79. The van der Waals surface area contributed by atoms with E-state index in [0.717, 1.165) is 0 Å². The van der Waals surface area contributed by atoms with Crippen LogP contribution < -0.4 is 5.32 Å². The quantitative estimate of drug-likeness (QED) is 0.706. The van der Waals surface area contributed by atoms with Gasteiger partial charge in [-0.25, -0.2) is 4.79 Å². The van der Waals surface area contributed by atoms with Gasteiger partial charge in [-0.15, -0.1) is 0 Å². The van der Waals surface area contributed by atoms with Crippen LogP contribution in [0.5, 0.6) is 0 Å². The Bertz CT molecular complexity index is 878. The Morgan fingerprint density at radius 3 is 2.41 bits per heavy atom. The summed E-state index contributed by atoms with van der Waals surface area (Å²) in [5.41, 5.74) is 4.73. The zero-order valence-corrected chi connectivity index (χ0v) is 14.8. The van der Waals surface area contributed by atoms with Crippen LogP contribution in [0.25, 0.3) is 11.1 Å². The first kappa shape index (κ1) is 17.3. The number of nitrogens with zero attached hydrogens (tertiary/aromatic N) is 2. The van der Waals surface area contributed by atoms with E-state index in [1.54, 1.807) is 23.1 Å². The summed E-state index contributed by atoms with van der Waals surface area (Å²) >= 11 is 0. The standard InChI is InChI=1S/C21H21N3O3/c25-15(13-24-11-5-10-23-24)12-22-21(26)27-14-20-18-8-3-1-6-16(18)17-7-2-4-9-19(17)20/h1-11,15,20,25H,12-14H2,(H,22,26). The molecule has 2 aromatic carbocycles. The van der Waals surface area contributed by atoms with Crippen molar-refractivity contribution >= 4 is 6.09 Å². The zero-order valence-electron chi connectivity index (χ0n) is 14.8. The highest BCUT2D eigenvalue weighted by Gasteiger charge is 2.28. The van der Waals surface area contributed by atoms with Crippen molar-refractivity contribution in [2.75, 3.05) is 13.2 Å². The predicted molar refractivity (Wildman–Crippen MR) is 101 cm³/mol. The lowest BCUT2D eigenvalue weighted by atomic mass is 9.98. The van der Waals surface area contributed by atoms with Crippen LogP contribution in [0, 0.1) is 0 Å². The minimum atomic E-state index is -0.731. The number of nitrogens with one attached hydrogen (secondary N) is 1. The van der Waals surface area contributed by atoms with Crippen molar-refractivity contribution in [3.8, 4) is 11.1 Å². The summed E-state index contributed by atoms with van der Waals surface area (Å²) in [4.78, 5) is 12.1. The molecule has 2 N–H and O–H groups in total. The van der Waals surface area contributed by atoms with E-state index in [2.05, 4.69) is 34.7 Å². The first-order valence-corrected chi connectivity index (χ1v) is 8.96. The number of carbonyl (C=O) groups is 1. The van der Waals surface area contributed by atoms with Gasteiger partial charge in [0.15, 0.2) is 0 Å². The van der Waals surface area contributed by atoms with E-state index >= 15 is 0 Å². The lowest BCUT2D eigenvalue weighted by Gasteiger charge is -2.16. The molecule has 0 aliphatic heterocycles. The van der Waals surface area contributed by atoms with Gasteiger partial charge >= 0.3 is 6.09 Å². The molecular formula is C21H21N3O3. The van der Waals surface area contributed by atoms with Crippen molar-refractivity contribution in [3.05, 3.63) is 78.1 Å². The summed E-state index contributed by atoms with van der Waals surface area (Å²) < 4.78 is 7.06. The van der Waals surface area contributed by atoms with Crippen molar-refractivity contribution in [1.82, 2.24) is 15.1 Å². The molecule has 27 heavy (non-hydrogen) atoms. The van der Waals surface area contributed by atoms with Crippen LogP contribution in [0.15, 0.2) is 67.0 Å². The van der Waals surface area contributed by atoms with Gasteiger partial charge in [-0.2, -0.15) is 5.10 Å². The maximum atomic E-state index is 12.1. The average molecular weight is 363 g/mol. The molecule has 138 valence electrons. The smallest absolute Gasteiger partial charge is 0.407 e. The molecule has 1 heterocycles. The topological polar surface area (TPSA) is 76.4 Å². The second-order valence-electron chi connectivity index (χ2n) is 6.59. The van der Waals surface area contributed by atoms with E-state index in [1.165, 1.54) is 22.3 Å². The minimum Gasteiger partial charge on any atom is -0.449 e. The maximum Gasteiger partial charge on any atom is 0.407 e. The Hall–Kier alpha value is -3.12. The third-order valence-electron chi connectivity index (χ3n) is 4.78. The number of alkyl carbamates (subject to hydrolysis) is 1. The highest BCUT2D eigenvalue weighted by atomic mass is 16.5. The van der Waals surface area contributed by atoms with Gasteiger partial charge in [0, 0.05) is 24.9 Å². The monoisotopic (exact) mass is 363 g/mol. The molecule has 0 fully saturated rings. The molecule has 0 saturated heterocycles. The van der Waals surface area contributed by atoms with Crippen LogP contribution in [0.2, 0.25) is 0 Å². The van der Waals surface area contributed by atoms with E-state index in [0.29, 0.717) is 6.54 Å². The fraction of sp³-hybridized carbons (Fsp3) is 0.238. The normalized spacial score (nSPS) is 13.7. The molecule has 1 amide bonds. The third kappa shape index (κ3) is 3.71. The molecule has 1 atom stereocenters. The molecule has 3 aromatic rings. The van der Waals surface area contributed by atoms with Crippen LogP contribution in [0.4, 0.5) is 4.79 Å². The molecule has 1 aliphatic rings. The summed E-state index contributed by atoms with van der Waals surface area (Å²) in [6.07, 6.45) is 2.14. The van der Waals surface area contributed by atoms with Gasteiger partial charge < -0.3 is 15.2 Å². The largest absolute Gasteiger partial charge is 0.449 e. The van der Waals surface area contributed by atoms with Gasteiger partial charge in [-0.1, -0.05) is 48.5 Å². The molecule has 0 saturated carbocycles. The van der Waals surface area contributed by atoms with E-state index in [9.17, 15) is 9.90 Å². The van der Waals surface area contributed by atoms with Crippen molar-refractivity contribution in [2.24, 2.45) is 0 Å². The number of hydrogen-bond acceptors (Lipinski definition) is 4. The van der Waals surface area contributed by atoms with E-state index in [1.807, 2.05) is 24.3 Å². The van der Waals surface area contributed by atoms with Crippen molar-refractivity contribution in [1.29, 1.82) is 0 Å². The third-order valence-corrected chi connectivity index (χ3v) is 4.78. The molecular weight excluding hydrogens is 342 g/mol. The Kier molecular flexibility index (Phi) is 4.89. The number of aromatic nitrogens is 2. The van der Waals surface area contributed by atoms with Crippen LogP contribution >= 0.6 is 0 Å². The number of benzene rings is 2. The summed E-state index contributed by atoms with van der Waals surface area (Å²) in [6.45, 7) is 0.683. The molecule has 6 nitrogen and oxygen atoms in total. The molecule has 0 bridgehead atoms. The molecule has 0 radical (unpaired) electrons. The fourth-order valence-corrected chi connectivity index (χ4v) is 3.54. The molecule has 0 spiro atoms. The lowest BCUT2D eigenvalue weighted by molar-refractivity contribution is 0.120. The van der Waals surface area contributed by atoms with E-state index in [-0.39, 0.29) is 19.1 Å². The second-order valence-corrected chi connectivity index (χ2v) is 6.59. The summed E-state index contributed by atoms with van der Waals surface area (Å²) in [6, 6.07) is 18.2. The number of rotatable bonds is 6. The van der Waals surface area contributed by atoms with Crippen molar-refractivity contribution in [3.63, 3.8) is 0 Å². The molecule has 4 rings (SSSR count). The average Bonchev–Trinajstić information content (AvgIpc) is 3.31. The van der Waals surface area contributed by atoms with Crippen LogP contribution in [-0.2, 0) is 11.3 Å². The van der Waals surface area contributed by atoms with Gasteiger partial charge in [0.1, 0.15) is 6.61 Å². The van der Waals surface area contributed by atoms with Crippen LogP contribution in [0.1, 0.15) is 17.0 Å². The molecule has 1 aromatic heterocycles. The number of ether oxygens (including phenoxy) is 1. The Balaban J connectivity index is 1.34. The van der Waals surface area contributed by atoms with E-state index in [4.69, 9.17) is 4.74 Å². The predicted octanol–water partition coefficient (Wildman–Crippen LogP) is 2.78. The second kappa shape index (κ2) is 7.63. The zero-order chi connectivity index (χ0) is 18.6. The number of fused-ring (bicyclic) bond motifs is 3. The van der Waals surface area contributed by atoms with Gasteiger partial charge in [0.05, 0.1) is 12.6 Å². The minimum absolute atomic E-state index is 0.0251. The van der Waals surface area contributed by atoms with Gasteiger partial charge in [0.25, 0.3) is 0 Å². The van der Waals surface area contributed by atoms with Gasteiger partial charge in [0.2, 0.25) is 0 Å². The SMILES string of the molecule is O=C(NCC(O)Cn1cccn1)OCC1c2ccccc2-c2ccccc21. The van der Waals surface area contributed by atoms with Crippen molar-refractivity contribution in [2.45, 2.75) is 18.6 Å². The van der Waals surface area contributed by atoms with Crippen molar-refractivity contribution < 1.29 is 14.6 Å². The van der Waals surface area contributed by atoms with E-state index < -0.39 is 12.2 Å². The highest BCUT2D eigenvalue weighted by Crippen LogP contribution is 2.44. The summed E-state index contributed by atoms with van der Waals surface area (Å²) in [7, 11) is 0. The van der Waals surface area contributed by atoms with Gasteiger partial charge in [-0.3, -0.25) is 4.68 Å². The number of amides is 1. The molecule has 1 unspecified atom stereocenters. The number of aliphatic hydroxyl groups is 1. The Morgan fingerprint density at radius 1 is 1.11 bits per heavy atom. The number of carbonyl (C=O) groups excluding carboxylic acids is 1.